The van der Waals surface area contributed by atoms with Crippen LogP contribution in [0, 0.1) is 0 Å². The predicted octanol–water partition coefficient (Wildman–Crippen LogP) is 1.39. The van der Waals surface area contributed by atoms with Crippen LogP contribution in [0.2, 0.25) is 6.04 Å². The lowest BCUT2D eigenvalue weighted by Gasteiger charge is -2.20. The molecule has 0 aromatic carbocycles. The molecule has 0 aliphatic rings. The molecule has 0 bridgehead atoms. The molecular formula is C9H19NO3Si. The highest BCUT2D eigenvalue weighted by atomic mass is 28.3. The van der Waals surface area contributed by atoms with E-state index in [1.165, 1.54) is 6.08 Å². The molecule has 4 nitrogen and oxygen atoms in total. The fourth-order valence-corrected chi connectivity index (χ4v) is 2.88. The van der Waals surface area contributed by atoms with Crippen molar-refractivity contribution in [3.05, 3.63) is 0 Å². The largest absolute Gasteiger partial charge is 0.394 e. The van der Waals surface area contributed by atoms with Gasteiger partial charge in [0, 0.05) is 18.3 Å². The molecule has 0 N–H and O–H groups in total. The Morgan fingerprint density at radius 2 is 1.71 bits per heavy atom. The summed E-state index contributed by atoms with van der Waals surface area (Å²) in [5.74, 6) is 0. The molecular weight excluding hydrogens is 198 g/mol. The summed E-state index contributed by atoms with van der Waals surface area (Å²) in [6.45, 7) is 8.37. The monoisotopic (exact) mass is 217 g/mol. The zero-order valence-electron chi connectivity index (χ0n) is 9.32. The Labute approximate surface area is 87.2 Å². The maximum Gasteiger partial charge on any atom is 0.323 e. The van der Waals surface area contributed by atoms with Crippen LogP contribution in [0.5, 0.6) is 0 Å². The molecule has 0 aromatic heterocycles. The van der Waals surface area contributed by atoms with Gasteiger partial charge in [-0.2, -0.15) is 0 Å². The third kappa shape index (κ3) is 8.13. The summed E-state index contributed by atoms with van der Waals surface area (Å²) in [4.78, 5) is 13.4. The van der Waals surface area contributed by atoms with Crippen molar-refractivity contribution in [2.75, 3.05) is 6.54 Å². The smallest absolute Gasteiger partial charge is 0.323 e. The Morgan fingerprint density at radius 3 is 2.07 bits per heavy atom. The Morgan fingerprint density at radius 1 is 1.21 bits per heavy atom. The fraction of sp³-hybridized carbons (Fsp3) is 0.889. The minimum atomic E-state index is -1.65. The van der Waals surface area contributed by atoms with Crippen LogP contribution in [-0.4, -0.2) is 34.1 Å². The molecule has 5 heteroatoms. The highest BCUT2D eigenvalue weighted by Gasteiger charge is 2.16. The van der Waals surface area contributed by atoms with Gasteiger partial charge in [0.25, 0.3) is 0 Å². The summed E-state index contributed by atoms with van der Waals surface area (Å²) in [6, 6.07) is 0.728. The molecule has 0 radical (unpaired) electrons. The van der Waals surface area contributed by atoms with E-state index in [4.69, 9.17) is 8.85 Å². The zero-order chi connectivity index (χ0) is 11.0. The second-order valence-electron chi connectivity index (χ2n) is 3.56. The molecule has 0 amide bonds. The third-order valence-electron chi connectivity index (χ3n) is 1.39. The van der Waals surface area contributed by atoms with Crippen molar-refractivity contribution in [2.45, 2.75) is 45.9 Å². The molecule has 0 rings (SSSR count). The van der Waals surface area contributed by atoms with E-state index in [2.05, 4.69) is 4.99 Å². The topological polar surface area (TPSA) is 47.9 Å². The average Bonchev–Trinajstić information content (AvgIpc) is 2.02. The van der Waals surface area contributed by atoms with Crippen LogP contribution in [0.25, 0.3) is 0 Å². The Hall–Kier alpha value is -0.483. The Balaban J connectivity index is 3.89. The number of isocyanates is 1. The van der Waals surface area contributed by atoms with E-state index < -0.39 is 9.28 Å². The van der Waals surface area contributed by atoms with E-state index in [-0.39, 0.29) is 12.2 Å². The second kappa shape index (κ2) is 7.88. The molecule has 14 heavy (non-hydrogen) atoms. The molecule has 0 saturated heterocycles. The van der Waals surface area contributed by atoms with Gasteiger partial charge in [0.05, 0.1) is 6.54 Å². The average molecular weight is 217 g/mol. The van der Waals surface area contributed by atoms with E-state index in [1.807, 2.05) is 27.7 Å². The first-order chi connectivity index (χ1) is 6.56. The minimum absolute atomic E-state index is 0.172. The van der Waals surface area contributed by atoms with Gasteiger partial charge in [-0.1, -0.05) is 0 Å². The summed E-state index contributed by atoms with van der Waals surface area (Å²) in [6.07, 6.45) is 1.86. The molecule has 0 heterocycles. The van der Waals surface area contributed by atoms with Crippen molar-refractivity contribution in [1.29, 1.82) is 0 Å². The number of hydrogen-bond donors (Lipinski definition) is 0. The molecule has 0 fully saturated rings. The van der Waals surface area contributed by atoms with Crippen LogP contribution in [0.1, 0.15) is 27.7 Å². The summed E-state index contributed by atoms with van der Waals surface area (Å²) < 4.78 is 11.3. The van der Waals surface area contributed by atoms with Gasteiger partial charge in [0.15, 0.2) is 0 Å². The number of nitrogens with zero attached hydrogens (tertiary/aromatic N) is 1. The quantitative estimate of drug-likeness (QED) is 0.368. The lowest BCUT2D eigenvalue weighted by Crippen LogP contribution is -2.29. The highest BCUT2D eigenvalue weighted by Crippen LogP contribution is 2.04. The van der Waals surface area contributed by atoms with E-state index in [0.717, 1.165) is 6.04 Å². The van der Waals surface area contributed by atoms with Gasteiger partial charge in [-0.3, -0.25) is 0 Å². The van der Waals surface area contributed by atoms with Crippen LogP contribution in [0.3, 0.4) is 0 Å². The van der Waals surface area contributed by atoms with Crippen LogP contribution < -0.4 is 0 Å². The highest BCUT2D eigenvalue weighted by molar-refractivity contribution is 6.44. The van der Waals surface area contributed by atoms with E-state index in [1.54, 1.807) is 0 Å². The molecule has 0 aromatic rings. The molecule has 0 atom stereocenters. The van der Waals surface area contributed by atoms with Gasteiger partial charge >= 0.3 is 9.28 Å². The number of rotatable bonds is 7. The van der Waals surface area contributed by atoms with Crippen molar-refractivity contribution in [1.82, 2.24) is 0 Å². The normalized spacial score (nSPS) is 11.1. The van der Waals surface area contributed by atoms with Crippen molar-refractivity contribution in [3.8, 4) is 0 Å². The van der Waals surface area contributed by atoms with E-state index >= 15 is 0 Å². The van der Waals surface area contributed by atoms with E-state index in [0.29, 0.717) is 6.54 Å². The lowest BCUT2D eigenvalue weighted by atomic mass is 10.5. The molecule has 0 saturated carbocycles. The first-order valence-electron chi connectivity index (χ1n) is 4.90. The predicted molar refractivity (Wildman–Crippen MR) is 57.4 cm³/mol. The molecule has 82 valence electrons. The Bertz CT molecular complexity index is 180. The van der Waals surface area contributed by atoms with Crippen molar-refractivity contribution in [2.24, 2.45) is 4.99 Å². The van der Waals surface area contributed by atoms with Gasteiger partial charge in [-0.05, 0) is 27.7 Å². The zero-order valence-corrected chi connectivity index (χ0v) is 10.5. The SMILES string of the molecule is CC(C)O[SiH](CCN=C=O)OC(C)C. The third-order valence-corrected chi connectivity index (χ3v) is 3.81. The summed E-state index contributed by atoms with van der Waals surface area (Å²) >= 11 is 0. The maximum atomic E-state index is 9.87. The number of carbonyl (C=O) groups excluding carboxylic acids is 1. The van der Waals surface area contributed by atoms with Gasteiger partial charge in [-0.25, -0.2) is 9.79 Å². The van der Waals surface area contributed by atoms with Crippen LogP contribution in [-0.2, 0) is 13.6 Å². The maximum absolute atomic E-state index is 9.87. The minimum Gasteiger partial charge on any atom is -0.394 e. The molecule has 0 aliphatic carbocycles. The van der Waals surface area contributed by atoms with Gasteiger partial charge < -0.3 is 8.85 Å². The molecule has 0 spiro atoms. The molecule has 0 unspecified atom stereocenters. The molecule has 0 aliphatic heterocycles. The van der Waals surface area contributed by atoms with Crippen LogP contribution in [0.4, 0.5) is 0 Å². The lowest BCUT2D eigenvalue weighted by molar-refractivity contribution is 0.130. The summed E-state index contributed by atoms with van der Waals surface area (Å²) in [5.41, 5.74) is 0. The Kier molecular flexibility index (Phi) is 7.61. The number of aliphatic imine (C=N–C) groups is 1. The van der Waals surface area contributed by atoms with Gasteiger partial charge in [-0.15, -0.1) is 0 Å². The van der Waals surface area contributed by atoms with Gasteiger partial charge in [0.1, 0.15) is 0 Å². The van der Waals surface area contributed by atoms with Crippen LogP contribution in [0.15, 0.2) is 4.99 Å². The van der Waals surface area contributed by atoms with Crippen LogP contribution >= 0.6 is 0 Å². The van der Waals surface area contributed by atoms with Crippen molar-refractivity contribution >= 4 is 15.4 Å². The van der Waals surface area contributed by atoms with Gasteiger partial charge in [0.2, 0.25) is 6.08 Å². The standard InChI is InChI=1S/C9H19NO3Si/c1-8(2)12-14(13-9(3)4)6-5-10-7-11/h8-9,14H,5-6H2,1-4H3. The summed E-state index contributed by atoms with van der Waals surface area (Å²) in [7, 11) is -1.65. The van der Waals surface area contributed by atoms with Crippen molar-refractivity contribution in [3.63, 3.8) is 0 Å². The second-order valence-corrected chi connectivity index (χ2v) is 5.54. The summed E-state index contributed by atoms with van der Waals surface area (Å²) in [5, 5.41) is 0. The first-order valence-corrected chi connectivity index (χ1v) is 6.66. The van der Waals surface area contributed by atoms with Crippen molar-refractivity contribution < 1.29 is 13.6 Å². The fourth-order valence-electron chi connectivity index (χ4n) is 0.991. The number of hydrogen-bond acceptors (Lipinski definition) is 4. The first kappa shape index (κ1) is 13.5. The van der Waals surface area contributed by atoms with E-state index in [9.17, 15) is 4.79 Å².